The van der Waals surface area contributed by atoms with Crippen molar-refractivity contribution in [1.29, 1.82) is 0 Å². The van der Waals surface area contributed by atoms with Crippen LogP contribution in [0, 0.1) is 15.2 Å². The van der Waals surface area contributed by atoms with Gasteiger partial charge in [0.15, 0.2) is 11.6 Å². The first-order valence-electron chi connectivity index (χ1n) is 5.69. The highest BCUT2D eigenvalue weighted by atomic mass is 127. The fraction of sp³-hybridized carbons (Fsp3) is 0.143. The minimum Gasteiger partial charge on any atom is -0.387 e. The first kappa shape index (κ1) is 14.2. The van der Waals surface area contributed by atoms with E-state index in [-0.39, 0.29) is 6.54 Å². The van der Waals surface area contributed by atoms with Gasteiger partial charge in [-0.05, 0) is 64.6 Å². The van der Waals surface area contributed by atoms with E-state index >= 15 is 0 Å². The average molecular weight is 375 g/mol. The van der Waals surface area contributed by atoms with Crippen molar-refractivity contribution in [1.82, 2.24) is 0 Å². The Balaban J connectivity index is 1.98. The van der Waals surface area contributed by atoms with Gasteiger partial charge in [0.25, 0.3) is 0 Å². The lowest BCUT2D eigenvalue weighted by Gasteiger charge is -2.13. The molecule has 0 fully saturated rings. The summed E-state index contributed by atoms with van der Waals surface area (Å²) in [6.45, 7) is 0.228. The van der Waals surface area contributed by atoms with Gasteiger partial charge in [-0.15, -0.1) is 0 Å². The van der Waals surface area contributed by atoms with Gasteiger partial charge in [0.2, 0.25) is 0 Å². The van der Waals surface area contributed by atoms with Crippen LogP contribution in [0.5, 0.6) is 0 Å². The van der Waals surface area contributed by atoms with Crippen LogP contribution in [0.15, 0.2) is 42.5 Å². The van der Waals surface area contributed by atoms with Gasteiger partial charge < -0.3 is 10.4 Å². The minimum atomic E-state index is -0.953. The van der Waals surface area contributed by atoms with Crippen LogP contribution in [0.4, 0.5) is 14.5 Å². The average Bonchev–Trinajstić information content (AvgIpc) is 2.41. The Hall–Kier alpha value is -1.21. The van der Waals surface area contributed by atoms with Gasteiger partial charge in [-0.3, -0.25) is 0 Å². The number of nitrogens with one attached hydrogen (secondary N) is 1. The van der Waals surface area contributed by atoms with Crippen LogP contribution in [0.1, 0.15) is 11.7 Å². The molecular weight excluding hydrogens is 363 g/mol. The maximum absolute atomic E-state index is 13.0. The molecule has 0 amide bonds. The van der Waals surface area contributed by atoms with Crippen LogP contribution in [-0.2, 0) is 0 Å². The summed E-state index contributed by atoms with van der Waals surface area (Å²) >= 11 is 2.20. The third-order valence-electron chi connectivity index (χ3n) is 2.67. The maximum atomic E-state index is 13.0. The predicted octanol–water partition coefficient (Wildman–Crippen LogP) is 3.71. The lowest BCUT2D eigenvalue weighted by Crippen LogP contribution is -2.12. The monoisotopic (exact) mass is 375 g/mol. The van der Waals surface area contributed by atoms with Crippen LogP contribution >= 0.6 is 22.6 Å². The van der Waals surface area contributed by atoms with Gasteiger partial charge in [0, 0.05) is 15.8 Å². The van der Waals surface area contributed by atoms with Gasteiger partial charge in [-0.25, -0.2) is 8.78 Å². The number of aliphatic hydroxyl groups excluding tert-OH is 1. The second-order valence-corrected chi connectivity index (χ2v) is 5.32. The van der Waals surface area contributed by atoms with E-state index < -0.39 is 17.7 Å². The van der Waals surface area contributed by atoms with Gasteiger partial charge in [0.1, 0.15) is 0 Å². The largest absolute Gasteiger partial charge is 0.387 e. The summed E-state index contributed by atoms with van der Waals surface area (Å²) in [7, 11) is 0. The molecule has 0 aliphatic carbocycles. The molecule has 0 aliphatic rings. The lowest BCUT2D eigenvalue weighted by molar-refractivity contribution is 0.191. The molecule has 1 unspecified atom stereocenters. The fourth-order valence-corrected chi connectivity index (χ4v) is 1.98. The number of benzene rings is 2. The van der Waals surface area contributed by atoms with Crippen molar-refractivity contribution in [3.63, 3.8) is 0 Å². The van der Waals surface area contributed by atoms with E-state index in [9.17, 15) is 13.9 Å². The van der Waals surface area contributed by atoms with Gasteiger partial charge in [0.05, 0.1) is 6.10 Å². The molecule has 2 aromatic carbocycles. The van der Waals surface area contributed by atoms with Gasteiger partial charge in [-0.1, -0.05) is 6.07 Å². The molecule has 2 nitrogen and oxygen atoms in total. The molecule has 0 aromatic heterocycles. The van der Waals surface area contributed by atoms with Crippen molar-refractivity contribution < 1.29 is 13.9 Å². The van der Waals surface area contributed by atoms with Crippen LogP contribution in [0.25, 0.3) is 0 Å². The van der Waals surface area contributed by atoms with Crippen LogP contribution in [-0.4, -0.2) is 11.7 Å². The molecule has 0 saturated carbocycles. The molecule has 5 heteroatoms. The fourth-order valence-electron chi connectivity index (χ4n) is 1.62. The van der Waals surface area contributed by atoms with Crippen LogP contribution in [0.3, 0.4) is 0 Å². The number of rotatable bonds is 4. The van der Waals surface area contributed by atoms with E-state index in [2.05, 4.69) is 27.9 Å². The molecule has 0 saturated heterocycles. The van der Waals surface area contributed by atoms with Crippen molar-refractivity contribution in [2.24, 2.45) is 0 Å². The number of hydrogen-bond donors (Lipinski definition) is 2. The topological polar surface area (TPSA) is 32.3 Å². The number of aliphatic hydroxyl groups is 1. The SMILES string of the molecule is OC(CNc1ccc(I)cc1)c1ccc(F)c(F)c1. The van der Waals surface area contributed by atoms with Crippen molar-refractivity contribution in [3.8, 4) is 0 Å². The number of halogens is 3. The molecule has 0 spiro atoms. The first-order chi connectivity index (χ1) is 9.06. The van der Waals surface area contributed by atoms with E-state index in [1.165, 1.54) is 6.07 Å². The van der Waals surface area contributed by atoms with E-state index in [0.29, 0.717) is 5.56 Å². The lowest BCUT2D eigenvalue weighted by atomic mass is 10.1. The van der Waals surface area contributed by atoms with Gasteiger partial charge in [-0.2, -0.15) is 0 Å². The summed E-state index contributed by atoms with van der Waals surface area (Å²) in [6.07, 6.45) is -0.894. The Morgan fingerprint density at radius 3 is 2.37 bits per heavy atom. The van der Waals surface area contributed by atoms with E-state index in [1.807, 2.05) is 24.3 Å². The molecule has 0 bridgehead atoms. The van der Waals surface area contributed by atoms with E-state index in [4.69, 9.17) is 0 Å². The van der Waals surface area contributed by atoms with Crippen LogP contribution < -0.4 is 5.32 Å². The smallest absolute Gasteiger partial charge is 0.159 e. The second kappa shape index (κ2) is 6.29. The normalized spacial score (nSPS) is 12.2. The zero-order chi connectivity index (χ0) is 13.8. The van der Waals surface area contributed by atoms with E-state index in [0.717, 1.165) is 21.4 Å². The summed E-state index contributed by atoms with van der Waals surface area (Å²) in [5.41, 5.74) is 1.21. The molecule has 0 aliphatic heterocycles. The predicted molar refractivity (Wildman–Crippen MR) is 79.0 cm³/mol. The van der Waals surface area contributed by atoms with Crippen molar-refractivity contribution in [2.45, 2.75) is 6.10 Å². The summed E-state index contributed by atoms with van der Waals surface area (Å²) in [5.74, 6) is -1.87. The third kappa shape index (κ3) is 3.87. The van der Waals surface area contributed by atoms with Crippen molar-refractivity contribution in [3.05, 3.63) is 63.2 Å². The summed E-state index contributed by atoms with van der Waals surface area (Å²) < 4.78 is 26.9. The Morgan fingerprint density at radius 1 is 1.05 bits per heavy atom. The highest BCUT2D eigenvalue weighted by Gasteiger charge is 2.10. The molecule has 2 rings (SSSR count). The minimum absolute atomic E-state index is 0.228. The molecular formula is C14H12F2INO. The van der Waals surface area contributed by atoms with Crippen LogP contribution in [0.2, 0.25) is 0 Å². The molecule has 100 valence electrons. The molecule has 0 radical (unpaired) electrons. The Kier molecular flexibility index (Phi) is 4.71. The standard InChI is InChI=1S/C14H12F2INO/c15-12-6-1-9(7-13(12)16)14(19)8-18-11-4-2-10(17)3-5-11/h1-7,14,18-19H,8H2. The Bertz CT molecular complexity index is 560. The summed E-state index contributed by atoms with van der Waals surface area (Å²) in [6, 6.07) is 11.0. The zero-order valence-electron chi connectivity index (χ0n) is 9.91. The first-order valence-corrected chi connectivity index (χ1v) is 6.76. The number of hydrogen-bond acceptors (Lipinski definition) is 2. The Morgan fingerprint density at radius 2 is 1.74 bits per heavy atom. The number of anilines is 1. The quantitative estimate of drug-likeness (QED) is 0.799. The van der Waals surface area contributed by atoms with Crippen molar-refractivity contribution >= 4 is 28.3 Å². The summed E-state index contributed by atoms with van der Waals surface area (Å²) in [5, 5.41) is 12.9. The Labute approximate surface area is 123 Å². The molecule has 2 aromatic rings. The molecule has 0 heterocycles. The molecule has 19 heavy (non-hydrogen) atoms. The van der Waals surface area contributed by atoms with Crippen molar-refractivity contribution in [2.75, 3.05) is 11.9 Å². The van der Waals surface area contributed by atoms with Gasteiger partial charge >= 0.3 is 0 Å². The third-order valence-corrected chi connectivity index (χ3v) is 3.39. The second-order valence-electron chi connectivity index (χ2n) is 4.08. The summed E-state index contributed by atoms with van der Waals surface area (Å²) in [4.78, 5) is 0. The molecule has 2 N–H and O–H groups in total. The molecule has 1 atom stereocenters. The highest BCUT2D eigenvalue weighted by Crippen LogP contribution is 2.18. The highest BCUT2D eigenvalue weighted by molar-refractivity contribution is 14.1. The zero-order valence-corrected chi connectivity index (χ0v) is 12.1. The van der Waals surface area contributed by atoms with E-state index in [1.54, 1.807) is 0 Å². The maximum Gasteiger partial charge on any atom is 0.159 e.